The van der Waals surface area contributed by atoms with Crippen molar-refractivity contribution in [1.82, 2.24) is 4.31 Å². The molecule has 2 N–H and O–H groups in total. The topological polar surface area (TPSA) is 63.4 Å². The van der Waals surface area contributed by atoms with Gasteiger partial charge in [0.15, 0.2) is 0 Å². The molecule has 6 heteroatoms. The molecule has 0 saturated carbocycles. The highest BCUT2D eigenvalue weighted by molar-refractivity contribution is 7.89. The van der Waals surface area contributed by atoms with Crippen LogP contribution in [0.1, 0.15) is 18.4 Å². The molecule has 1 aliphatic heterocycles. The van der Waals surface area contributed by atoms with Crippen LogP contribution >= 0.6 is 0 Å². The predicted molar refractivity (Wildman–Crippen MR) is 67.1 cm³/mol. The lowest BCUT2D eigenvalue weighted by Crippen LogP contribution is -2.40. The van der Waals surface area contributed by atoms with Gasteiger partial charge < -0.3 is 5.73 Å². The molecule has 0 unspecified atom stereocenters. The fraction of sp³-hybridized carbons (Fsp3) is 0.500. The summed E-state index contributed by atoms with van der Waals surface area (Å²) in [5, 5.41) is 0. The average molecular weight is 272 g/mol. The van der Waals surface area contributed by atoms with Gasteiger partial charge in [0.05, 0.1) is 0 Å². The molecule has 1 saturated heterocycles. The molecule has 1 fully saturated rings. The largest absolute Gasteiger partial charge is 0.329 e. The van der Waals surface area contributed by atoms with Crippen LogP contribution in [0, 0.1) is 12.7 Å². The van der Waals surface area contributed by atoms with E-state index in [-0.39, 0.29) is 17.5 Å². The molecule has 100 valence electrons. The lowest BCUT2D eigenvalue weighted by atomic mass is 10.2. The number of benzene rings is 1. The summed E-state index contributed by atoms with van der Waals surface area (Å²) in [6.45, 7) is 2.41. The second-order valence-corrected chi connectivity index (χ2v) is 6.44. The SMILES string of the molecule is Cc1ccc(S(=O)(=O)N2CCC[C@@H]2CN)c(F)c1. The van der Waals surface area contributed by atoms with Crippen molar-refractivity contribution in [3.05, 3.63) is 29.6 Å². The van der Waals surface area contributed by atoms with Gasteiger partial charge in [-0.05, 0) is 37.5 Å². The quantitative estimate of drug-likeness (QED) is 0.900. The number of nitrogens with zero attached hydrogens (tertiary/aromatic N) is 1. The minimum Gasteiger partial charge on any atom is -0.329 e. The molecule has 0 aromatic heterocycles. The van der Waals surface area contributed by atoms with E-state index in [0.29, 0.717) is 12.1 Å². The maximum absolute atomic E-state index is 13.8. The van der Waals surface area contributed by atoms with Crippen molar-refractivity contribution in [3.8, 4) is 0 Å². The van der Waals surface area contributed by atoms with Crippen LogP contribution in [0.25, 0.3) is 0 Å². The second-order valence-electron chi connectivity index (χ2n) is 4.58. The molecule has 0 aliphatic carbocycles. The molecular weight excluding hydrogens is 255 g/mol. The van der Waals surface area contributed by atoms with E-state index in [9.17, 15) is 12.8 Å². The van der Waals surface area contributed by atoms with Gasteiger partial charge in [-0.2, -0.15) is 4.31 Å². The summed E-state index contributed by atoms with van der Waals surface area (Å²) in [7, 11) is -3.77. The molecule has 4 nitrogen and oxygen atoms in total. The summed E-state index contributed by atoms with van der Waals surface area (Å²) in [5.41, 5.74) is 6.26. The fourth-order valence-corrected chi connectivity index (χ4v) is 4.05. The van der Waals surface area contributed by atoms with Crippen LogP contribution in [-0.2, 0) is 10.0 Å². The Morgan fingerprint density at radius 3 is 2.83 bits per heavy atom. The predicted octanol–water partition coefficient (Wildman–Crippen LogP) is 1.25. The van der Waals surface area contributed by atoms with Crippen molar-refractivity contribution in [2.75, 3.05) is 13.1 Å². The number of sulfonamides is 1. The molecule has 0 bridgehead atoms. The van der Waals surface area contributed by atoms with Gasteiger partial charge in [-0.3, -0.25) is 0 Å². The standard InChI is InChI=1S/C12H17FN2O2S/c1-9-4-5-12(11(13)7-9)18(16,17)15-6-2-3-10(15)8-14/h4-5,7,10H,2-3,6,8,14H2,1H3/t10-/m1/s1. The Morgan fingerprint density at radius 2 is 2.22 bits per heavy atom. The monoisotopic (exact) mass is 272 g/mol. The highest BCUT2D eigenvalue weighted by atomic mass is 32.2. The van der Waals surface area contributed by atoms with Gasteiger partial charge in [0.25, 0.3) is 0 Å². The molecule has 18 heavy (non-hydrogen) atoms. The summed E-state index contributed by atoms with van der Waals surface area (Å²) in [4.78, 5) is -0.256. The molecule has 1 aromatic rings. The third-order valence-corrected chi connectivity index (χ3v) is 5.25. The van der Waals surface area contributed by atoms with E-state index in [4.69, 9.17) is 5.73 Å². The van der Waals surface area contributed by atoms with Gasteiger partial charge in [-0.1, -0.05) is 6.07 Å². The van der Waals surface area contributed by atoms with Crippen LogP contribution in [0.2, 0.25) is 0 Å². The van der Waals surface area contributed by atoms with Crippen molar-refractivity contribution < 1.29 is 12.8 Å². The molecule has 1 atom stereocenters. The van der Waals surface area contributed by atoms with Gasteiger partial charge in [-0.25, -0.2) is 12.8 Å². The molecule has 0 spiro atoms. The van der Waals surface area contributed by atoms with E-state index in [2.05, 4.69) is 0 Å². The highest BCUT2D eigenvalue weighted by Gasteiger charge is 2.35. The third-order valence-electron chi connectivity index (χ3n) is 3.27. The number of aryl methyl sites for hydroxylation is 1. The Bertz CT molecular complexity index is 545. The zero-order valence-electron chi connectivity index (χ0n) is 10.3. The van der Waals surface area contributed by atoms with Crippen molar-refractivity contribution in [2.45, 2.75) is 30.7 Å². The van der Waals surface area contributed by atoms with Gasteiger partial charge in [0.1, 0.15) is 10.7 Å². The number of halogens is 1. The lowest BCUT2D eigenvalue weighted by Gasteiger charge is -2.23. The molecular formula is C12H17FN2O2S. The Hall–Kier alpha value is -0.980. The summed E-state index contributed by atoms with van der Waals surface area (Å²) < 4.78 is 39.8. The van der Waals surface area contributed by atoms with Crippen molar-refractivity contribution in [3.63, 3.8) is 0 Å². The van der Waals surface area contributed by atoms with Crippen LogP contribution < -0.4 is 5.73 Å². The van der Waals surface area contributed by atoms with E-state index in [1.807, 2.05) is 0 Å². The first-order valence-corrected chi connectivity index (χ1v) is 7.39. The first-order chi connectivity index (χ1) is 8.46. The minimum atomic E-state index is -3.77. The van der Waals surface area contributed by atoms with E-state index >= 15 is 0 Å². The van der Waals surface area contributed by atoms with Crippen LogP contribution in [0.4, 0.5) is 4.39 Å². The molecule has 1 aliphatic rings. The van der Waals surface area contributed by atoms with E-state index in [0.717, 1.165) is 12.8 Å². The Labute approximate surface area is 107 Å². The number of nitrogens with two attached hydrogens (primary N) is 1. The van der Waals surface area contributed by atoms with Gasteiger partial charge in [0.2, 0.25) is 10.0 Å². The van der Waals surface area contributed by atoms with Crippen LogP contribution in [0.3, 0.4) is 0 Å². The van der Waals surface area contributed by atoms with Crippen molar-refractivity contribution in [1.29, 1.82) is 0 Å². The molecule has 0 amide bonds. The Balaban J connectivity index is 2.42. The summed E-state index contributed by atoms with van der Waals surface area (Å²) in [6.07, 6.45) is 1.51. The van der Waals surface area contributed by atoms with Crippen molar-refractivity contribution in [2.24, 2.45) is 5.73 Å². The van der Waals surface area contributed by atoms with Crippen LogP contribution in [-0.4, -0.2) is 31.9 Å². The molecule has 2 rings (SSSR count). The van der Waals surface area contributed by atoms with Crippen LogP contribution in [0.15, 0.2) is 23.1 Å². The van der Waals surface area contributed by atoms with Gasteiger partial charge in [-0.15, -0.1) is 0 Å². The highest BCUT2D eigenvalue weighted by Crippen LogP contribution is 2.27. The Kier molecular flexibility index (Phi) is 3.70. The summed E-state index contributed by atoms with van der Waals surface area (Å²) in [5.74, 6) is -0.697. The first kappa shape index (κ1) is 13.5. The summed E-state index contributed by atoms with van der Waals surface area (Å²) >= 11 is 0. The fourth-order valence-electron chi connectivity index (χ4n) is 2.30. The maximum atomic E-state index is 13.8. The van der Waals surface area contributed by atoms with E-state index in [1.165, 1.54) is 16.4 Å². The van der Waals surface area contributed by atoms with Gasteiger partial charge in [0, 0.05) is 19.1 Å². The zero-order valence-corrected chi connectivity index (χ0v) is 11.1. The second kappa shape index (κ2) is 4.95. The number of hydrogen-bond acceptors (Lipinski definition) is 3. The van der Waals surface area contributed by atoms with Gasteiger partial charge >= 0.3 is 0 Å². The van der Waals surface area contributed by atoms with Crippen molar-refractivity contribution >= 4 is 10.0 Å². The minimum absolute atomic E-state index is 0.212. The smallest absolute Gasteiger partial charge is 0.246 e. The molecule has 1 heterocycles. The third kappa shape index (κ3) is 2.28. The molecule has 0 radical (unpaired) electrons. The number of hydrogen-bond donors (Lipinski definition) is 1. The first-order valence-electron chi connectivity index (χ1n) is 5.95. The Morgan fingerprint density at radius 1 is 1.50 bits per heavy atom. The van der Waals surface area contributed by atoms with E-state index in [1.54, 1.807) is 13.0 Å². The van der Waals surface area contributed by atoms with Crippen LogP contribution in [0.5, 0.6) is 0 Å². The normalized spacial score (nSPS) is 21.4. The molecule has 1 aromatic carbocycles. The zero-order chi connectivity index (χ0) is 13.3. The summed E-state index contributed by atoms with van der Waals surface area (Å²) in [6, 6.07) is 3.95. The average Bonchev–Trinajstić information content (AvgIpc) is 2.76. The maximum Gasteiger partial charge on any atom is 0.246 e. The number of rotatable bonds is 3. The van der Waals surface area contributed by atoms with E-state index < -0.39 is 15.8 Å². The lowest BCUT2D eigenvalue weighted by molar-refractivity contribution is 0.390.